The predicted octanol–water partition coefficient (Wildman–Crippen LogP) is 2.19. The van der Waals surface area contributed by atoms with Crippen molar-refractivity contribution in [3.8, 4) is 0 Å². The lowest BCUT2D eigenvalue weighted by molar-refractivity contribution is -0.117. The highest BCUT2D eigenvalue weighted by Gasteiger charge is 2.33. The minimum atomic E-state index is -0.375. The Hall–Kier alpha value is -1.84. The first kappa shape index (κ1) is 12.6. The van der Waals surface area contributed by atoms with Gasteiger partial charge in [0, 0.05) is 5.54 Å². The summed E-state index contributed by atoms with van der Waals surface area (Å²) >= 11 is 0. The van der Waals surface area contributed by atoms with E-state index >= 15 is 0 Å². The Bertz CT molecular complexity index is 515. The minimum Gasteiger partial charge on any atom is -0.324 e. The average molecular weight is 246 g/mol. The lowest BCUT2D eigenvalue weighted by atomic mass is 10.0. The number of fused-ring (bicyclic) bond motifs is 1. The van der Waals surface area contributed by atoms with Crippen molar-refractivity contribution >= 4 is 17.5 Å². The van der Waals surface area contributed by atoms with Gasteiger partial charge in [-0.05, 0) is 39.8 Å². The number of nitrogens with zero attached hydrogens (tertiary/aromatic N) is 1. The Morgan fingerprint density at radius 1 is 1.22 bits per heavy atom. The summed E-state index contributed by atoms with van der Waals surface area (Å²) in [6.07, 6.45) is 0. The Labute approximate surface area is 107 Å². The van der Waals surface area contributed by atoms with Gasteiger partial charge in [-0.15, -0.1) is 0 Å². The first-order chi connectivity index (χ1) is 8.29. The first-order valence-corrected chi connectivity index (χ1v) is 6.01. The van der Waals surface area contributed by atoms with Gasteiger partial charge >= 0.3 is 0 Å². The highest BCUT2D eigenvalue weighted by Crippen LogP contribution is 2.26. The molecule has 4 heteroatoms. The van der Waals surface area contributed by atoms with Crippen LogP contribution in [0.15, 0.2) is 18.2 Å². The molecule has 0 saturated carbocycles. The van der Waals surface area contributed by atoms with Gasteiger partial charge in [-0.1, -0.05) is 11.6 Å². The zero-order valence-electron chi connectivity index (χ0n) is 11.2. The number of aryl methyl sites for hydroxylation is 1. The molecule has 1 aliphatic heterocycles. The van der Waals surface area contributed by atoms with Gasteiger partial charge in [0.15, 0.2) is 0 Å². The van der Waals surface area contributed by atoms with Crippen LogP contribution in [0.25, 0.3) is 0 Å². The molecule has 0 bridgehead atoms. The second-order valence-electron chi connectivity index (χ2n) is 5.66. The van der Waals surface area contributed by atoms with Crippen LogP contribution in [-0.2, 0) is 4.79 Å². The fourth-order valence-corrected chi connectivity index (χ4v) is 2.04. The van der Waals surface area contributed by atoms with Crippen molar-refractivity contribution in [3.63, 3.8) is 0 Å². The van der Waals surface area contributed by atoms with E-state index in [1.54, 1.807) is 11.0 Å². The number of carbonyl (C=O) groups excluding carboxylic acids is 2. The molecule has 2 rings (SSSR count). The summed E-state index contributed by atoms with van der Waals surface area (Å²) in [7, 11) is 0. The van der Waals surface area contributed by atoms with Crippen LogP contribution >= 0.6 is 0 Å². The molecule has 0 radical (unpaired) electrons. The quantitative estimate of drug-likeness (QED) is 0.762. The highest BCUT2D eigenvalue weighted by atomic mass is 16.2. The van der Waals surface area contributed by atoms with Crippen LogP contribution in [0.1, 0.15) is 36.7 Å². The summed E-state index contributed by atoms with van der Waals surface area (Å²) in [5.74, 6) is -0.250. The lowest BCUT2D eigenvalue weighted by Crippen LogP contribution is -2.47. The van der Waals surface area contributed by atoms with Crippen molar-refractivity contribution in [3.05, 3.63) is 29.3 Å². The van der Waals surface area contributed by atoms with Gasteiger partial charge in [-0.2, -0.15) is 0 Å². The van der Waals surface area contributed by atoms with E-state index in [4.69, 9.17) is 0 Å². The second-order valence-corrected chi connectivity index (χ2v) is 5.66. The Balaban J connectivity index is 2.54. The molecule has 0 unspecified atom stereocenters. The van der Waals surface area contributed by atoms with E-state index in [0.29, 0.717) is 11.3 Å². The molecule has 0 saturated heterocycles. The van der Waals surface area contributed by atoms with Gasteiger partial charge in [-0.3, -0.25) is 9.59 Å². The molecule has 0 aliphatic carbocycles. The van der Waals surface area contributed by atoms with Crippen LogP contribution in [0.3, 0.4) is 0 Å². The smallest absolute Gasteiger partial charge is 0.256 e. The molecule has 0 atom stereocenters. The monoisotopic (exact) mass is 246 g/mol. The number of anilines is 1. The van der Waals surface area contributed by atoms with E-state index in [1.165, 1.54) is 0 Å². The average Bonchev–Trinajstić information content (AvgIpc) is 2.37. The van der Waals surface area contributed by atoms with Crippen LogP contribution in [-0.4, -0.2) is 28.8 Å². The molecule has 0 aromatic heterocycles. The molecular weight excluding hydrogens is 228 g/mol. The third kappa shape index (κ3) is 2.23. The Morgan fingerprint density at radius 3 is 2.50 bits per heavy atom. The maximum atomic E-state index is 12.5. The van der Waals surface area contributed by atoms with Gasteiger partial charge < -0.3 is 10.2 Å². The maximum Gasteiger partial charge on any atom is 0.256 e. The lowest BCUT2D eigenvalue weighted by Gasteiger charge is -2.33. The third-order valence-corrected chi connectivity index (χ3v) is 3.04. The summed E-state index contributed by atoms with van der Waals surface area (Å²) < 4.78 is 0. The number of hydrogen-bond acceptors (Lipinski definition) is 2. The molecule has 96 valence electrons. The second kappa shape index (κ2) is 4.12. The van der Waals surface area contributed by atoms with Gasteiger partial charge in [0.2, 0.25) is 5.91 Å². The molecule has 2 amide bonds. The molecule has 4 nitrogen and oxygen atoms in total. The van der Waals surface area contributed by atoms with Crippen molar-refractivity contribution in [1.82, 2.24) is 4.90 Å². The van der Waals surface area contributed by atoms with E-state index in [2.05, 4.69) is 5.32 Å². The van der Waals surface area contributed by atoms with E-state index < -0.39 is 0 Å². The fraction of sp³-hybridized carbons (Fsp3) is 0.429. The summed E-state index contributed by atoms with van der Waals surface area (Å²) in [6, 6.07) is 5.49. The van der Waals surface area contributed by atoms with Crippen LogP contribution in [0.2, 0.25) is 0 Å². The molecule has 1 N–H and O–H groups in total. The number of carbonyl (C=O) groups is 2. The van der Waals surface area contributed by atoms with Crippen LogP contribution in [0.4, 0.5) is 5.69 Å². The normalized spacial score (nSPS) is 16.1. The number of hydrogen-bond donors (Lipinski definition) is 1. The van der Waals surface area contributed by atoms with Crippen LogP contribution in [0, 0.1) is 6.92 Å². The largest absolute Gasteiger partial charge is 0.324 e. The topological polar surface area (TPSA) is 49.4 Å². The number of amides is 2. The summed E-state index contributed by atoms with van der Waals surface area (Å²) in [6.45, 7) is 7.81. The van der Waals surface area contributed by atoms with Crippen LogP contribution < -0.4 is 5.32 Å². The summed E-state index contributed by atoms with van der Waals surface area (Å²) in [5.41, 5.74) is 1.80. The van der Waals surface area contributed by atoms with Crippen LogP contribution in [0.5, 0.6) is 0 Å². The SMILES string of the molecule is Cc1ccc2c(c1)C(=O)N(C(C)(C)C)CC(=O)N2. The zero-order chi connectivity index (χ0) is 13.5. The molecule has 0 spiro atoms. The van der Waals surface area contributed by atoms with E-state index in [9.17, 15) is 9.59 Å². The van der Waals surface area contributed by atoms with Crippen molar-refractivity contribution in [1.29, 1.82) is 0 Å². The van der Waals surface area contributed by atoms with Crippen molar-refractivity contribution in [2.45, 2.75) is 33.2 Å². The van der Waals surface area contributed by atoms with E-state index in [0.717, 1.165) is 5.56 Å². The maximum absolute atomic E-state index is 12.5. The van der Waals surface area contributed by atoms with Gasteiger partial charge in [0.25, 0.3) is 5.91 Å². The Morgan fingerprint density at radius 2 is 1.89 bits per heavy atom. The molecule has 1 heterocycles. The molecular formula is C14H18N2O2. The highest BCUT2D eigenvalue weighted by molar-refractivity contribution is 6.08. The number of nitrogens with one attached hydrogen (secondary N) is 1. The summed E-state index contributed by atoms with van der Waals surface area (Å²) in [5, 5.41) is 2.78. The van der Waals surface area contributed by atoms with Gasteiger partial charge in [0.05, 0.1) is 11.3 Å². The van der Waals surface area contributed by atoms with Crippen molar-refractivity contribution in [2.24, 2.45) is 0 Å². The van der Waals surface area contributed by atoms with Gasteiger partial charge in [0.1, 0.15) is 6.54 Å². The Kier molecular flexibility index (Phi) is 2.89. The van der Waals surface area contributed by atoms with Crippen molar-refractivity contribution in [2.75, 3.05) is 11.9 Å². The zero-order valence-corrected chi connectivity index (χ0v) is 11.2. The fourth-order valence-electron chi connectivity index (χ4n) is 2.04. The summed E-state index contributed by atoms with van der Waals surface area (Å²) in [4.78, 5) is 25.9. The molecule has 1 aromatic carbocycles. The van der Waals surface area contributed by atoms with E-state index in [-0.39, 0.29) is 23.9 Å². The minimum absolute atomic E-state index is 0.0933. The molecule has 1 aromatic rings. The predicted molar refractivity (Wildman–Crippen MR) is 70.6 cm³/mol. The molecule has 0 fully saturated rings. The van der Waals surface area contributed by atoms with Crippen molar-refractivity contribution < 1.29 is 9.59 Å². The number of rotatable bonds is 0. The van der Waals surface area contributed by atoms with Gasteiger partial charge in [-0.25, -0.2) is 0 Å². The molecule has 18 heavy (non-hydrogen) atoms. The molecule has 1 aliphatic rings. The van der Waals surface area contributed by atoms with E-state index in [1.807, 2.05) is 39.8 Å². The number of benzene rings is 1. The standard InChI is InChI=1S/C14H18N2O2/c1-9-5-6-11-10(7-9)13(18)16(14(2,3)4)8-12(17)15-11/h5-7H,8H2,1-4H3,(H,15,17). The first-order valence-electron chi connectivity index (χ1n) is 6.01. The third-order valence-electron chi connectivity index (χ3n) is 3.04.